The van der Waals surface area contributed by atoms with Gasteiger partial charge in [0.05, 0.1) is 6.61 Å². The quantitative estimate of drug-likeness (QED) is 0.341. The highest BCUT2D eigenvalue weighted by molar-refractivity contribution is 7.98. The van der Waals surface area contributed by atoms with E-state index in [9.17, 15) is 27.4 Å². The van der Waals surface area contributed by atoms with Crippen molar-refractivity contribution in [2.75, 3.05) is 24.4 Å². The second-order valence-corrected chi connectivity index (χ2v) is 10.3. The molecule has 1 aromatic carbocycles. The van der Waals surface area contributed by atoms with E-state index in [0.717, 1.165) is 24.2 Å². The van der Waals surface area contributed by atoms with Crippen LogP contribution in [-0.2, 0) is 16.0 Å². The van der Waals surface area contributed by atoms with Gasteiger partial charge in [-0.1, -0.05) is 23.9 Å². The van der Waals surface area contributed by atoms with E-state index in [-0.39, 0.29) is 28.2 Å². The average molecular weight is 491 g/mol. The van der Waals surface area contributed by atoms with E-state index >= 15 is 0 Å². The maximum absolute atomic E-state index is 14.0. The molecule has 2 heterocycles. The van der Waals surface area contributed by atoms with Gasteiger partial charge in [0.1, 0.15) is 17.5 Å². The van der Waals surface area contributed by atoms with Crippen LogP contribution < -0.4 is 9.46 Å². The lowest BCUT2D eigenvalue weighted by Crippen LogP contribution is -2.45. The van der Waals surface area contributed by atoms with Crippen molar-refractivity contribution >= 4 is 27.8 Å². The lowest BCUT2D eigenvalue weighted by Gasteiger charge is -2.30. The Morgan fingerprint density at radius 3 is 2.66 bits per heavy atom. The first-order valence-corrected chi connectivity index (χ1v) is 12.1. The number of hydrogen-bond acceptors (Lipinski definition) is 8. The molecule has 176 valence electrons. The van der Waals surface area contributed by atoms with E-state index in [4.69, 9.17) is 4.74 Å². The molecule has 0 spiro atoms. The van der Waals surface area contributed by atoms with Crippen molar-refractivity contribution in [1.29, 1.82) is 0 Å². The summed E-state index contributed by atoms with van der Waals surface area (Å²) in [6.45, 7) is 3.26. The number of hydrogen-bond donors (Lipinski definition) is 3. The summed E-state index contributed by atoms with van der Waals surface area (Å²) < 4.78 is 61.6. The first-order chi connectivity index (χ1) is 15.0. The molecule has 3 N–H and O–H groups in total. The Morgan fingerprint density at radius 1 is 1.31 bits per heavy atom. The van der Waals surface area contributed by atoms with Crippen molar-refractivity contribution in [2.45, 2.75) is 42.9 Å². The molecular formula is C19H24F2N4O5S2. The number of ether oxygens (including phenoxy) is 1. The molecule has 1 aromatic heterocycles. The van der Waals surface area contributed by atoms with Gasteiger partial charge >= 0.3 is 10.2 Å². The molecule has 13 heteroatoms. The van der Waals surface area contributed by atoms with Crippen LogP contribution in [0.5, 0.6) is 5.88 Å². The van der Waals surface area contributed by atoms with Gasteiger partial charge in [0.15, 0.2) is 16.8 Å². The average Bonchev–Trinajstić information content (AvgIpc) is 2.65. The maximum Gasteiger partial charge on any atom is 0.302 e. The summed E-state index contributed by atoms with van der Waals surface area (Å²) in [6.07, 6.45) is -0.483. The molecule has 1 saturated heterocycles. The molecule has 0 aliphatic carbocycles. The third-order valence-electron chi connectivity index (χ3n) is 4.80. The number of thioether (sulfide) groups is 1. The Balaban J connectivity index is 1.87. The van der Waals surface area contributed by atoms with Crippen LogP contribution in [-0.4, -0.2) is 64.3 Å². The summed E-state index contributed by atoms with van der Waals surface area (Å²) >= 11 is 0.950. The summed E-state index contributed by atoms with van der Waals surface area (Å²) in [4.78, 5) is 8.33. The van der Waals surface area contributed by atoms with Gasteiger partial charge in [0, 0.05) is 30.5 Å². The van der Waals surface area contributed by atoms with Gasteiger partial charge < -0.3 is 14.9 Å². The largest absolute Gasteiger partial charge is 0.469 e. The molecule has 9 nitrogen and oxygen atoms in total. The monoisotopic (exact) mass is 490 g/mol. The van der Waals surface area contributed by atoms with E-state index < -0.39 is 40.2 Å². The van der Waals surface area contributed by atoms with Gasteiger partial charge in [0.2, 0.25) is 5.88 Å². The second-order valence-electron chi connectivity index (χ2n) is 7.64. The van der Waals surface area contributed by atoms with Gasteiger partial charge in [-0.15, -0.1) is 0 Å². The highest BCUT2D eigenvalue weighted by atomic mass is 32.2. The van der Waals surface area contributed by atoms with Crippen molar-refractivity contribution in [3.05, 3.63) is 41.5 Å². The molecule has 0 radical (unpaired) electrons. The molecule has 3 rings (SSSR count). The van der Waals surface area contributed by atoms with E-state index in [0.29, 0.717) is 13.1 Å². The van der Waals surface area contributed by atoms with Crippen molar-refractivity contribution in [2.24, 2.45) is 0 Å². The second kappa shape index (κ2) is 9.83. The summed E-state index contributed by atoms with van der Waals surface area (Å²) in [6, 6.07) is 5.04. The number of aliphatic hydroxyl groups excluding tert-OH is 2. The van der Waals surface area contributed by atoms with Crippen LogP contribution >= 0.6 is 11.8 Å². The van der Waals surface area contributed by atoms with Crippen molar-refractivity contribution in [3.8, 4) is 5.88 Å². The fourth-order valence-electron chi connectivity index (χ4n) is 2.66. The minimum atomic E-state index is -3.82. The molecule has 0 bridgehead atoms. The van der Waals surface area contributed by atoms with Crippen LogP contribution in [0.15, 0.2) is 29.4 Å². The topological polar surface area (TPSA) is 125 Å². The molecule has 1 fully saturated rings. The number of aromatic nitrogens is 2. The van der Waals surface area contributed by atoms with Gasteiger partial charge in [-0.25, -0.2) is 13.8 Å². The van der Waals surface area contributed by atoms with Crippen LogP contribution in [0.25, 0.3) is 0 Å². The summed E-state index contributed by atoms with van der Waals surface area (Å²) in [5.41, 5.74) is -1.17. The van der Waals surface area contributed by atoms with E-state index in [1.807, 2.05) is 0 Å². The molecule has 1 atom stereocenters. The molecular weight excluding hydrogens is 466 g/mol. The van der Waals surface area contributed by atoms with Crippen molar-refractivity contribution < 1.29 is 32.1 Å². The number of halogens is 2. The molecule has 2 aromatic rings. The molecule has 1 aliphatic heterocycles. The summed E-state index contributed by atoms with van der Waals surface area (Å²) in [7, 11) is -3.82. The van der Waals surface area contributed by atoms with Gasteiger partial charge in [-0.3, -0.25) is 4.72 Å². The standard InChI is InChI=1S/C19H24F2N4O5S2/c1-19(2,14(27)10-26)30-16-9-15(24-32(28,29)25-7-4-8-25)22-18(23-16)31-11-12-5-3-6-13(20)17(12)21/h3,5-6,9,14,26-27H,4,7-8,10-11H2,1-2H3,(H,22,23,24)/t14-/m0/s1. The van der Waals surface area contributed by atoms with Crippen LogP contribution in [0.1, 0.15) is 25.8 Å². The fraction of sp³-hybridized carbons (Fsp3) is 0.474. The van der Waals surface area contributed by atoms with Gasteiger partial charge in [-0.05, 0) is 26.3 Å². The van der Waals surface area contributed by atoms with Crippen molar-refractivity contribution in [1.82, 2.24) is 14.3 Å². The number of aliphatic hydroxyl groups is 2. The lowest BCUT2D eigenvalue weighted by atomic mass is 10.0. The van der Waals surface area contributed by atoms with E-state index in [1.54, 1.807) is 0 Å². The predicted molar refractivity (Wildman–Crippen MR) is 114 cm³/mol. The fourth-order valence-corrected chi connectivity index (χ4v) is 4.72. The Kier molecular flexibility index (Phi) is 7.55. The van der Waals surface area contributed by atoms with E-state index in [1.165, 1.54) is 36.4 Å². The third-order valence-corrected chi connectivity index (χ3v) is 7.21. The Bertz CT molecular complexity index is 1070. The predicted octanol–water partition coefficient (Wildman–Crippen LogP) is 1.92. The number of nitrogens with one attached hydrogen (secondary N) is 1. The zero-order valence-corrected chi connectivity index (χ0v) is 19.1. The highest BCUT2D eigenvalue weighted by Crippen LogP contribution is 2.29. The van der Waals surface area contributed by atoms with Crippen LogP contribution in [0.3, 0.4) is 0 Å². The Hall–Kier alpha value is -2.06. The third kappa shape index (κ3) is 5.84. The summed E-state index contributed by atoms with van der Waals surface area (Å²) in [5.74, 6) is -2.14. The van der Waals surface area contributed by atoms with Gasteiger partial charge in [-0.2, -0.15) is 17.7 Å². The van der Waals surface area contributed by atoms with Gasteiger partial charge in [0.25, 0.3) is 0 Å². The molecule has 0 unspecified atom stereocenters. The van der Waals surface area contributed by atoms with E-state index in [2.05, 4.69) is 14.7 Å². The lowest BCUT2D eigenvalue weighted by molar-refractivity contribution is -0.0566. The first-order valence-electron chi connectivity index (χ1n) is 9.72. The zero-order chi connectivity index (χ0) is 23.5. The highest BCUT2D eigenvalue weighted by Gasteiger charge is 2.31. The first kappa shape index (κ1) is 24.6. The minimum absolute atomic E-state index is 0.0198. The van der Waals surface area contributed by atoms with Crippen LogP contribution in [0, 0.1) is 11.6 Å². The van der Waals surface area contributed by atoms with Crippen LogP contribution in [0.2, 0.25) is 0 Å². The number of anilines is 1. The molecule has 0 amide bonds. The smallest absolute Gasteiger partial charge is 0.302 e. The molecule has 1 aliphatic rings. The Morgan fingerprint density at radius 2 is 2.03 bits per heavy atom. The SMILES string of the molecule is CC(C)(Oc1cc(NS(=O)(=O)N2CCC2)nc(SCc2cccc(F)c2F)n1)[C@@H](O)CO. The summed E-state index contributed by atoms with van der Waals surface area (Å²) in [5, 5.41) is 19.3. The molecule has 32 heavy (non-hydrogen) atoms. The number of rotatable bonds is 10. The number of nitrogens with zero attached hydrogens (tertiary/aromatic N) is 3. The maximum atomic E-state index is 14.0. The van der Waals surface area contributed by atoms with Crippen molar-refractivity contribution in [3.63, 3.8) is 0 Å². The zero-order valence-electron chi connectivity index (χ0n) is 17.5. The minimum Gasteiger partial charge on any atom is -0.469 e. The number of benzene rings is 1. The normalized spacial score (nSPS) is 15.8. The van der Waals surface area contributed by atoms with Crippen LogP contribution in [0.4, 0.5) is 14.6 Å². The molecule has 0 saturated carbocycles. The Labute approximate surface area is 189 Å².